The van der Waals surface area contributed by atoms with Crippen LogP contribution in [0, 0.1) is 11.6 Å². The molecule has 0 aromatic heterocycles. The summed E-state index contributed by atoms with van der Waals surface area (Å²) < 4.78 is 58.3. The van der Waals surface area contributed by atoms with Crippen LogP contribution in [0.1, 0.15) is 23.5 Å². The first-order chi connectivity index (χ1) is 14.8. The first kappa shape index (κ1) is 21.0. The molecule has 1 aliphatic heterocycles. The van der Waals surface area contributed by atoms with Crippen LogP contribution in [0.3, 0.4) is 0 Å². The summed E-state index contributed by atoms with van der Waals surface area (Å²) in [6.45, 7) is 0.241. The first-order valence-electron chi connectivity index (χ1n) is 9.59. The Labute approximate surface area is 178 Å². The zero-order valence-corrected chi connectivity index (χ0v) is 17.2. The molecule has 1 atom stereocenters. The molecule has 1 heterocycles. The molecule has 1 fully saturated rings. The van der Waals surface area contributed by atoms with Gasteiger partial charge in [0.15, 0.2) is 0 Å². The molecule has 1 N–H and O–H groups in total. The van der Waals surface area contributed by atoms with Crippen LogP contribution in [0.5, 0.6) is 5.75 Å². The maximum atomic E-state index is 13.5. The number of carbonyl (C=O) groups excluding carboxylic acids is 1. The molecule has 160 valence electrons. The SMILES string of the molecule is O=C1CC(c2ccc(OCc3cccc(-c4cc(F)cc(F)c4)c3)cc2)CS(=O)(=O)N1. The summed E-state index contributed by atoms with van der Waals surface area (Å²) in [7, 11) is -3.60. The Morgan fingerprint density at radius 3 is 2.32 bits per heavy atom. The number of rotatable bonds is 5. The average molecular weight is 443 g/mol. The summed E-state index contributed by atoms with van der Waals surface area (Å²) >= 11 is 0. The Morgan fingerprint density at radius 1 is 0.935 bits per heavy atom. The smallest absolute Gasteiger partial charge is 0.235 e. The van der Waals surface area contributed by atoms with Crippen molar-refractivity contribution in [1.29, 1.82) is 0 Å². The van der Waals surface area contributed by atoms with Crippen LogP contribution in [0.25, 0.3) is 11.1 Å². The number of amides is 1. The van der Waals surface area contributed by atoms with Crippen molar-refractivity contribution in [3.8, 4) is 16.9 Å². The minimum absolute atomic E-state index is 0.118. The number of hydrogen-bond donors (Lipinski definition) is 1. The molecule has 0 aliphatic carbocycles. The van der Waals surface area contributed by atoms with E-state index in [1.165, 1.54) is 12.1 Å². The fourth-order valence-electron chi connectivity index (χ4n) is 3.58. The van der Waals surface area contributed by atoms with Crippen molar-refractivity contribution in [3.63, 3.8) is 0 Å². The van der Waals surface area contributed by atoms with Gasteiger partial charge in [-0.3, -0.25) is 9.52 Å². The highest BCUT2D eigenvalue weighted by molar-refractivity contribution is 7.90. The lowest BCUT2D eigenvalue weighted by Crippen LogP contribution is -2.40. The number of ether oxygens (including phenoxy) is 1. The van der Waals surface area contributed by atoms with E-state index in [0.29, 0.717) is 16.9 Å². The van der Waals surface area contributed by atoms with Gasteiger partial charge in [-0.1, -0.05) is 30.3 Å². The molecule has 8 heteroatoms. The molecule has 0 radical (unpaired) electrons. The highest BCUT2D eigenvalue weighted by Crippen LogP contribution is 2.27. The molecular formula is C23H19F2NO4S. The van der Waals surface area contributed by atoms with Gasteiger partial charge in [-0.2, -0.15) is 0 Å². The van der Waals surface area contributed by atoms with Gasteiger partial charge in [-0.15, -0.1) is 0 Å². The maximum Gasteiger partial charge on any atom is 0.235 e. The highest BCUT2D eigenvalue weighted by atomic mass is 32.2. The molecule has 0 saturated carbocycles. The Kier molecular flexibility index (Phi) is 5.73. The van der Waals surface area contributed by atoms with E-state index in [1.54, 1.807) is 42.5 Å². The predicted octanol–water partition coefficient (Wildman–Crippen LogP) is 4.14. The van der Waals surface area contributed by atoms with E-state index in [2.05, 4.69) is 0 Å². The van der Waals surface area contributed by atoms with E-state index in [1.807, 2.05) is 10.8 Å². The molecular weight excluding hydrogens is 424 g/mol. The van der Waals surface area contributed by atoms with Gasteiger partial charge >= 0.3 is 0 Å². The maximum absolute atomic E-state index is 13.5. The molecule has 0 bridgehead atoms. The second-order valence-electron chi connectivity index (χ2n) is 7.42. The lowest BCUT2D eigenvalue weighted by molar-refractivity contribution is -0.119. The minimum Gasteiger partial charge on any atom is -0.489 e. The molecule has 31 heavy (non-hydrogen) atoms. The van der Waals surface area contributed by atoms with Crippen molar-refractivity contribution in [3.05, 3.63) is 89.5 Å². The van der Waals surface area contributed by atoms with Crippen LogP contribution in [0.15, 0.2) is 66.7 Å². The normalized spacial score (nSPS) is 17.7. The van der Waals surface area contributed by atoms with Gasteiger partial charge < -0.3 is 4.74 Å². The highest BCUT2D eigenvalue weighted by Gasteiger charge is 2.30. The third kappa shape index (κ3) is 5.27. The van der Waals surface area contributed by atoms with Gasteiger partial charge in [0.1, 0.15) is 24.0 Å². The fraction of sp³-hybridized carbons (Fsp3) is 0.174. The summed E-state index contributed by atoms with van der Waals surface area (Å²) in [5.41, 5.74) is 2.68. The summed E-state index contributed by atoms with van der Waals surface area (Å²) in [5, 5.41) is 0. The van der Waals surface area contributed by atoms with E-state index in [0.717, 1.165) is 17.2 Å². The molecule has 1 amide bonds. The number of benzene rings is 3. The van der Waals surface area contributed by atoms with Gasteiger partial charge in [0.2, 0.25) is 15.9 Å². The van der Waals surface area contributed by atoms with Crippen LogP contribution in [0.2, 0.25) is 0 Å². The lowest BCUT2D eigenvalue weighted by atomic mass is 9.97. The lowest BCUT2D eigenvalue weighted by Gasteiger charge is -2.22. The molecule has 0 spiro atoms. The van der Waals surface area contributed by atoms with Crippen LogP contribution in [-0.4, -0.2) is 20.1 Å². The second-order valence-corrected chi connectivity index (χ2v) is 9.19. The van der Waals surface area contributed by atoms with Crippen molar-refractivity contribution >= 4 is 15.9 Å². The summed E-state index contributed by atoms with van der Waals surface area (Å²) in [5.74, 6) is -1.73. The Morgan fingerprint density at radius 2 is 1.65 bits per heavy atom. The number of sulfonamides is 1. The largest absolute Gasteiger partial charge is 0.489 e. The Hall–Kier alpha value is -3.26. The molecule has 5 nitrogen and oxygen atoms in total. The van der Waals surface area contributed by atoms with Crippen molar-refractivity contribution < 1.29 is 26.7 Å². The van der Waals surface area contributed by atoms with Gasteiger partial charge in [0, 0.05) is 18.4 Å². The quantitative estimate of drug-likeness (QED) is 0.643. The Bertz CT molecular complexity index is 1210. The van der Waals surface area contributed by atoms with E-state index in [9.17, 15) is 22.0 Å². The van der Waals surface area contributed by atoms with E-state index in [-0.39, 0.29) is 18.8 Å². The fourth-order valence-corrected chi connectivity index (χ4v) is 4.94. The number of halogens is 2. The second kappa shape index (κ2) is 8.47. The zero-order valence-electron chi connectivity index (χ0n) is 16.3. The van der Waals surface area contributed by atoms with Gasteiger partial charge in [-0.05, 0) is 52.6 Å². The molecule has 4 rings (SSSR count). The van der Waals surface area contributed by atoms with Crippen LogP contribution in [0.4, 0.5) is 8.78 Å². The standard InChI is InChI=1S/C23H19F2NO4S/c24-20-9-18(10-21(25)12-20)17-3-1-2-15(8-17)13-30-22-6-4-16(5-7-22)19-11-23(27)26-31(28,29)14-19/h1-10,12,19H,11,13-14H2,(H,26,27). The van der Waals surface area contributed by atoms with Crippen LogP contribution < -0.4 is 9.46 Å². The third-order valence-electron chi connectivity index (χ3n) is 5.00. The van der Waals surface area contributed by atoms with E-state index in [4.69, 9.17) is 4.74 Å². The number of nitrogens with one attached hydrogen (secondary N) is 1. The molecule has 3 aromatic carbocycles. The molecule has 1 saturated heterocycles. The van der Waals surface area contributed by atoms with Crippen molar-refractivity contribution in [2.45, 2.75) is 18.9 Å². The Balaban J connectivity index is 1.43. The zero-order chi connectivity index (χ0) is 22.0. The summed E-state index contributed by atoms with van der Waals surface area (Å²) in [4.78, 5) is 11.6. The van der Waals surface area contributed by atoms with Crippen molar-refractivity contribution in [2.24, 2.45) is 0 Å². The van der Waals surface area contributed by atoms with Crippen molar-refractivity contribution in [2.75, 3.05) is 5.75 Å². The monoisotopic (exact) mass is 443 g/mol. The van der Waals surface area contributed by atoms with Gasteiger partial charge in [-0.25, -0.2) is 17.2 Å². The first-order valence-corrected chi connectivity index (χ1v) is 11.2. The summed E-state index contributed by atoms with van der Waals surface area (Å²) in [6, 6.07) is 17.5. The van der Waals surface area contributed by atoms with Crippen molar-refractivity contribution in [1.82, 2.24) is 4.72 Å². The van der Waals surface area contributed by atoms with Crippen LogP contribution >= 0.6 is 0 Å². The molecule has 1 unspecified atom stereocenters. The predicted molar refractivity (Wildman–Crippen MR) is 112 cm³/mol. The topological polar surface area (TPSA) is 72.5 Å². The van der Waals surface area contributed by atoms with Gasteiger partial charge in [0.05, 0.1) is 5.75 Å². The molecule has 3 aromatic rings. The minimum atomic E-state index is -3.60. The summed E-state index contributed by atoms with van der Waals surface area (Å²) in [6.07, 6.45) is 0.118. The molecule has 1 aliphatic rings. The van der Waals surface area contributed by atoms with Gasteiger partial charge in [0.25, 0.3) is 0 Å². The number of hydrogen-bond acceptors (Lipinski definition) is 4. The third-order valence-corrected chi connectivity index (χ3v) is 6.38. The van der Waals surface area contributed by atoms with Crippen LogP contribution in [-0.2, 0) is 21.4 Å². The average Bonchev–Trinajstić information content (AvgIpc) is 2.71. The number of carbonyl (C=O) groups is 1. The van der Waals surface area contributed by atoms with E-state index < -0.39 is 33.5 Å². The van der Waals surface area contributed by atoms with E-state index >= 15 is 0 Å².